The molecule has 64 valence electrons. The fourth-order valence-corrected chi connectivity index (χ4v) is 1.41. The minimum Gasteiger partial charge on any atom is -0.481 e. The lowest BCUT2D eigenvalue weighted by Gasteiger charge is -2.33. The van der Waals surface area contributed by atoms with Crippen molar-refractivity contribution in [3.8, 4) is 0 Å². The first-order valence-corrected chi connectivity index (χ1v) is 3.59. The van der Waals surface area contributed by atoms with Crippen molar-refractivity contribution in [3.63, 3.8) is 0 Å². The molecule has 11 heavy (non-hydrogen) atoms. The predicted octanol–water partition coefficient (Wildman–Crippen LogP) is 1.75. The van der Waals surface area contributed by atoms with E-state index in [1.54, 1.807) is 0 Å². The standard InChI is InChI=1S/C7H10F2O2/c8-7(9)5-1-4(2-5)3-6(10)11/h4-5,7H,1-3H2,(H,10,11). The van der Waals surface area contributed by atoms with Crippen LogP contribution in [0.5, 0.6) is 0 Å². The molecule has 0 amide bonds. The van der Waals surface area contributed by atoms with Crippen LogP contribution >= 0.6 is 0 Å². The Kier molecular flexibility index (Phi) is 2.42. The molecule has 0 bridgehead atoms. The zero-order valence-electron chi connectivity index (χ0n) is 5.96. The van der Waals surface area contributed by atoms with Gasteiger partial charge in [-0.15, -0.1) is 0 Å². The summed E-state index contributed by atoms with van der Waals surface area (Å²) in [6, 6.07) is 0. The van der Waals surface area contributed by atoms with Crippen molar-refractivity contribution in [1.82, 2.24) is 0 Å². The summed E-state index contributed by atoms with van der Waals surface area (Å²) in [5.74, 6) is -1.44. The summed E-state index contributed by atoms with van der Waals surface area (Å²) < 4.78 is 23.7. The highest BCUT2D eigenvalue weighted by molar-refractivity contribution is 5.67. The van der Waals surface area contributed by atoms with Crippen LogP contribution in [0.25, 0.3) is 0 Å². The van der Waals surface area contributed by atoms with Gasteiger partial charge < -0.3 is 5.11 Å². The van der Waals surface area contributed by atoms with Crippen LogP contribution in [0.1, 0.15) is 19.3 Å². The molecule has 1 aliphatic rings. The number of halogens is 2. The molecular formula is C7H10F2O2. The van der Waals surface area contributed by atoms with Gasteiger partial charge in [0.2, 0.25) is 6.43 Å². The number of hydrogen-bond acceptors (Lipinski definition) is 1. The van der Waals surface area contributed by atoms with Gasteiger partial charge in [-0.25, -0.2) is 8.78 Å². The molecule has 1 rings (SSSR count). The molecule has 0 atom stereocenters. The number of carboxylic acids is 1. The van der Waals surface area contributed by atoms with E-state index in [0.717, 1.165) is 0 Å². The number of rotatable bonds is 3. The fraction of sp³-hybridized carbons (Fsp3) is 0.857. The highest BCUT2D eigenvalue weighted by atomic mass is 19.3. The van der Waals surface area contributed by atoms with Crippen molar-refractivity contribution < 1.29 is 18.7 Å². The van der Waals surface area contributed by atoms with Gasteiger partial charge in [-0.2, -0.15) is 0 Å². The molecule has 1 saturated carbocycles. The van der Waals surface area contributed by atoms with Crippen LogP contribution in [-0.2, 0) is 4.79 Å². The van der Waals surface area contributed by atoms with Crippen LogP contribution in [0.2, 0.25) is 0 Å². The van der Waals surface area contributed by atoms with Crippen molar-refractivity contribution in [2.45, 2.75) is 25.7 Å². The molecule has 0 aromatic heterocycles. The van der Waals surface area contributed by atoms with E-state index in [-0.39, 0.29) is 12.3 Å². The molecular weight excluding hydrogens is 154 g/mol. The summed E-state index contributed by atoms with van der Waals surface area (Å²) in [6.45, 7) is 0. The average Bonchev–Trinajstić information content (AvgIpc) is 1.75. The molecule has 0 radical (unpaired) electrons. The molecule has 0 heterocycles. The van der Waals surface area contributed by atoms with Gasteiger partial charge in [0.15, 0.2) is 0 Å². The SMILES string of the molecule is O=C(O)CC1CC(C(F)F)C1. The van der Waals surface area contributed by atoms with E-state index in [1.165, 1.54) is 0 Å². The van der Waals surface area contributed by atoms with Crippen LogP contribution in [0.4, 0.5) is 8.78 Å². The molecule has 0 aromatic rings. The third-order valence-corrected chi connectivity index (χ3v) is 2.09. The lowest BCUT2D eigenvalue weighted by molar-refractivity contribution is -0.140. The van der Waals surface area contributed by atoms with Crippen LogP contribution in [0.15, 0.2) is 0 Å². The second-order valence-corrected chi connectivity index (χ2v) is 3.03. The van der Waals surface area contributed by atoms with Gasteiger partial charge in [0.25, 0.3) is 0 Å². The van der Waals surface area contributed by atoms with Crippen LogP contribution < -0.4 is 0 Å². The van der Waals surface area contributed by atoms with Gasteiger partial charge in [0, 0.05) is 12.3 Å². The zero-order chi connectivity index (χ0) is 8.43. The molecule has 0 saturated heterocycles. The molecule has 0 unspecified atom stereocenters. The Morgan fingerprint density at radius 3 is 2.45 bits per heavy atom. The largest absolute Gasteiger partial charge is 0.481 e. The maximum Gasteiger partial charge on any atom is 0.303 e. The molecule has 0 aliphatic heterocycles. The van der Waals surface area contributed by atoms with E-state index in [0.29, 0.717) is 12.8 Å². The highest BCUT2D eigenvalue weighted by Gasteiger charge is 2.36. The van der Waals surface area contributed by atoms with Crippen molar-refractivity contribution in [2.24, 2.45) is 11.8 Å². The normalized spacial score (nSPS) is 30.1. The summed E-state index contributed by atoms with van der Waals surface area (Å²) in [5, 5.41) is 8.29. The highest BCUT2D eigenvalue weighted by Crippen LogP contribution is 2.39. The second-order valence-electron chi connectivity index (χ2n) is 3.03. The van der Waals surface area contributed by atoms with Crippen molar-refractivity contribution in [1.29, 1.82) is 0 Å². The lowest BCUT2D eigenvalue weighted by atomic mass is 9.73. The first kappa shape index (κ1) is 8.43. The third kappa shape index (κ3) is 2.13. The second kappa shape index (κ2) is 3.15. The lowest BCUT2D eigenvalue weighted by Crippen LogP contribution is -2.30. The fourth-order valence-electron chi connectivity index (χ4n) is 1.41. The Bertz CT molecular complexity index is 153. The summed E-state index contributed by atoms with van der Waals surface area (Å²) in [7, 11) is 0. The predicted molar refractivity (Wildman–Crippen MR) is 34.5 cm³/mol. The smallest absolute Gasteiger partial charge is 0.303 e. The van der Waals surface area contributed by atoms with E-state index in [4.69, 9.17) is 5.11 Å². The van der Waals surface area contributed by atoms with E-state index in [9.17, 15) is 13.6 Å². The number of hydrogen-bond donors (Lipinski definition) is 1. The first-order valence-electron chi connectivity index (χ1n) is 3.59. The molecule has 1 N–H and O–H groups in total. The van der Waals surface area contributed by atoms with Crippen molar-refractivity contribution in [2.75, 3.05) is 0 Å². The average molecular weight is 164 g/mol. The monoisotopic (exact) mass is 164 g/mol. The number of alkyl halides is 2. The van der Waals surface area contributed by atoms with Crippen LogP contribution in [-0.4, -0.2) is 17.5 Å². The molecule has 1 fully saturated rings. The zero-order valence-corrected chi connectivity index (χ0v) is 5.96. The van der Waals surface area contributed by atoms with Gasteiger partial charge in [-0.05, 0) is 18.8 Å². The molecule has 0 aromatic carbocycles. The minimum atomic E-state index is -2.26. The Balaban J connectivity index is 2.14. The van der Waals surface area contributed by atoms with Gasteiger partial charge in [0.1, 0.15) is 0 Å². The Morgan fingerprint density at radius 1 is 1.55 bits per heavy atom. The quantitative estimate of drug-likeness (QED) is 0.689. The summed E-state index contributed by atoms with van der Waals surface area (Å²) in [5.41, 5.74) is 0. The van der Waals surface area contributed by atoms with Crippen molar-refractivity contribution >= 4 is 5.97 Å². The maximum absolute atomic E-state index is 11.8. The van der Waals surface area contributed by atoms with Gasteiger partial charge in [-0.1, -0.05) is 0 Å². The minimum absolute atomic E-state index is 0.00787. The first-order chi connectivity index (χ1) is 5.09. The molecule has 0 spiro atoms. The van der Waals surface area contributed by atoms with Crippen LogP contribution in [0, 0.1) is 11.8 Å². The molecule has 1 aliphatic carbocycles. The van der Waals surface area contributed by atoms with Gasteiger partial charge in [0.05, 0.1) is 0 Å². The number of carboxylic acid groups (broad SMARTS) is 1. The molecule has 2 nitrogen and oxygen atoms in total. The Morgan fingerprint density at radius 2 is 2.09 bits per heavy atom. The van der Waals surface area contributed by atoms with E-state index < -0.39 is 18.3 Å². The number of carbonyl (C=O) groups is 1. The number of aliphatic carboxylic acids is 1. The molecule has 4 heteroatoms. The van der Waals surface area contributed by atoms with Gasteiger partial charge in [-0.3, -0.25) is 4.79 Å². The third-order valence-electron chi connectivity index (χ3n) is 2.09. The van der Waals surface area contributed by atoms with Crippen molar-refractivity contribution in [3.05, 3.63) is 0 Å². The summed E-state index contributed by atoms with van der Waals surface area (Å²) in [6.07, 6.45) is -1.46. The Labute approximate surface area is 63.2 Å². The van der Waals surface area contributed by atoms with Crippen LogP contribution in [0.3, 0.4) is 0 Å². The van der Waals surface area contributed by atoms with E-state index in [1.807, 2.05) is 0 Å². The van der Waals surface area contributed by atoms with E-state index in [2.05, 4.69) is 0 Å². The summed E-state index contributed by atoms with van der Waals surface area (Å²) in [4.78, 5) is 10.1. The summed E-state index contributed by atoms with van der Waals surface area (Å²) >= 11 is 0. The maximum atomic E-state index is 11.8. The topological polar surface area (TPSA) is 37.3 Å². The van der Waals surface area contributed by atoms with E-state index >= 15 is 0 Å². The Hall–Kier alpha value is -0.670. The van der Waals surface area contributed by atoms with Gasteiger partial charge >= 0.3 is 5.97 Å².